The van der Waals surface area contributed by atoms with Crippen molar-refractivity contribution < 1.29 is 14.3 Å². The minimum atomic E-state index is -0.862. The topological polar surface area (TPSA) is 79.8 Å². The number of anilines is 1. The Morgan fingerprint density at radius 2 is 1.80 bits per heavy atom. The van der Waals surface area contributed by atoms with Crippen LogP contribution in [0.3, 0.4) is 0 Å². The van der Waals surface area contributed by atoms with Crippen LogP contribution in [0.25, 0.3) is 0 Å². The zero-order valence-electron chi connectivity index (χ0n) is 14.1. The highest BCUT2D eigenvalue weighted by molar-refractivity contribution is 6.39. The van der Waals surface area contributed by atoms with Crippen LogP contribution in [0.4, 0.5) is 5.69 Å². The molecule has 6 nitrogen and oxygen atoms in total. The first-order valence-electron chi connectivity index (χ1n) is 7.46. The average Bonchev–Trinajstić information content (AvgIpc) is 2.58. The smallest absolute Gasteiger partial charge is 0.329 e. The number of carbonyl (C=O) groups excluding carboxylic acids is 2. The monoisotopic (exact) mass is 359 g/mol. The zero-order valence-corrected chi connectivity index (χ0v) is 14.8. The molecule has 0 aliphatic carbocycles. The fraction of sp³-hybridized carbons (Fsp3) is 0.167. The normalized spacial score (nSPS) is 10.6. The molecule has 2 aromatic carbocycles. The number of nitrogens with zero attached hydrogens (tertiary/aromatic N) is 1. The predicted octanol–water partition coefficient (Wildman–Crippen LogP) is 3.05. The minimum absolute atomic E-state index is 0.422. The maximum absolute atomic E-state index is 12.0. The van der Waals surface area contributed by atoms with E-state index in [1.807, 2.05) is 32.0 Å². The van der Waals surface area contributed by atoms with E-state index in [1.54, 1.807) is 18.2 Å². The SMILES string of the molecule is COc1ccc(/C=N\NC(=O)C(=O)Nc2c(C)cccc2C)cc1Cl. The van der Waals surface area contributed by atoms with Crippen molar-refractivity contribution >= 4 is 35.3 Å². The van der Waals surface area contributed by atoms with Gasteiger partial charge in [0.25, 0.3) is 0 Å². The van der Waals surface area contributed by atoms with Crippen LogP contribution in [0.2, 0.25) is 5.02 Å². The molecule has 0 atom stereocenters. The fourth-order valence-corrected chi connectivity index (χ4v) is 2.43. The molecule has 0 aromatic heterocycles. The Morgan fingerprint density at radius 3 is 2.40 bits per heavy atom. The lowest BCUT2D eigenvalue weighted by atomic mass is 10.1. The van der Waals surface area contributed by atoms with Crippen molar-refractivity contribution in [1.82, 2.24) is 5.43 Å². The second-order valence-corrected chi connectivity index (χ2v) is 5.72. The van der Waals surface area contributed by atoms with Crippen molar-refractivity contribution in [2.24, 2.45) is 5.10 Å². The van der Waals surface area contributed by atoms with Gasteiger partial charge in [-0.15, -0.1) is 0 Å². The molecule has 0 radical (unpaired) electrons. The van der Waals surface area contributed by atoms with Crippen molar-refractivity contribution in [1.29, 1.82) is 0 Å². The molecule has 0 aliphatic heterocycles. The van der Waals surface area contributed by atoms with Crippen LogP contribution in [0.5, 0.6) is 5.75 Å². The molecule has 0 saturated carbocycles. The highest BCUT2D eigenvalue weighted by Gasteiger charge is 2.15. The Bertz CT molecular complexity index is 814. The van der Waals surface area contributed by atoms with Gasteiger partial charge in [0.1, 0.15) is 5.75 Å². The third-order valence-corrected chi connectivity index (χ3v) is 3.78. The van der Waals surface area contributed by atoms with Crippen LogP contribution < -0.4 is 15.5 Å². The summed E-state index contributed by atoms with van der Waals surface area (Å²) in [5.41, 5.74) is 5.20. The number of rotatable bonds is 4. The predicted molar refractivity (Wildman–Crippen MR) is 98.3 cm³/mol. The van der Waals surface area contributed by atoms with Gasteiger partial charge in [0.15, 0.2) is 0 Å². The lowest BCUT2D eigenvalue weighted by Crippen LogP contribution is -2.32. The van der Waals surface area contributed by atoms with Gasteiger partial charge in [0.2, 0.25) is 0 Å². The first-order chi connectivity index (χ1) is 11.9. The van der Waals surface area contributed by atoms with Crippen molar-refractivity contribution in [2.45, 2.75) is 13.8 Å². The number of hydrogen-bond acceptors (Lipinski definition) is 4. The number of para-hydroxylation sites is 1. The second-order valence-electron chi connectivity index (χ2n) is 5.31. The number of halogens is 1. The van der Waals surface area contributed by atoms with Crippen molar-refractivity contribution in [2.75, 3.05) is 12.4 Å². The summed E-state index contributed by atoms with van der Waals surface area (Å²) in [6.07, 6.45) is 1.38. The first kappa shape index (κ1) is 18.5. The van der Waals surface area contributed by atoms with Gasteiger partial charge in [-0.25, -0.2) is 5.43 Å². The second kappa shape index (κ2) is 8.30. The highest BCUT2D eigenvalue weighted by Crippen LogP contribution is 2.24. The number of carbonyl (C=O) groups is 2. The number of ether oxygens (including phenoxy) is 1. The van der Waals surface area contributed by atoms with Crippen molar-refractivity contribution in [3.05, 3.63) is 58.1 Å². The molecule has 0 aliphatic rings. The standard InChI is InChI=1S/C18H18ClN3O3/c1-11-5-4-6-12(2)16(11)21-17(23)18(24)22-20-10-13-7-8-15(25-3)14(19)9-13/h4-10H,1-3H3,(H,21,23)(H,22,24)/b20-10-. The quantitative estimate of drug-likeness (QED) is 0.500. The summed E-state index contributed by atoms with van der Waals surface area (Å²) in [5.74, 6) is -1.11. The van der Waals surface area contributed by atoms with E-state index in [4.69, 9.17) is 16.3 Å². The third kappa shape index (κ3) is 4.81. The summed E-state index contributed by atoms with van der Waals surface area (Å²) in [4.78, 5) is 23.8. The van der Waals surface area contributed by atoms with E-state index in [-0.39, 0.29) is 0 Å². The maximum Gasteiger partial charge on any atom is 0.329 e. The molecule has 0 spiro atoms. The highest BCUT2D eigenvalue weighted by atomic mass is 35.5. The van der Waals surface area contributed by atoms with E-state index in [1.165, 1.54) is 13.3 Å². The molecule has 2 N–H and O–H groups in total. The summed E-state index contributed by atoms with van der Waals surface area (Å²) in [6, 6.07) is 10.6. The van der Waals surface area contributed by atoms with Crippen LogP contribution in [-0.4, -0.2) is 25.1 Å². The van der Waals surface area contributed by atoms with Crippen LogP contribution in [-0.2, 0) is 9.59 Å². The average molecular weight is 360 g/mol. The molecule has 0 saturated heterocycles. The molecule has 0 unspecified atom stereocenters. The molecule has 2 rings (SSSR count). The molecular formula is C18H18ClN3O3. The zero-order chi connectivity index (χ0) is 18.4. The number of aryl methyl sites for hydroxylation is 2. The van der Waals surface area contributed by atoms with Gasteiger partial charge in [-0.05, 0) is 48.7 Å². The molecule has 0 bridgehead atoms. The Labute approximate surface area is 150 Å². The number of nitrogens with one attached hydrogen (secondary N) is 2. The fourth-order valence-electron chi connectivity index (χ4n) is 2.16. The van der Waals surface area contributed by atoms with Gasteiger partial charge in [0.05, 0.1) is 18.3 Å². The number of benzene rings is 2. The van der Waals surface area contributed by atoms with E-state index in [0.29, 0.717) is 22.0 Å². The van der Waals surface area contributed by atoms with E-state index in [0.717, 1.165) is 11.1 Å². The van der Waals surface area contributed by atoms with E-state index >= 15 is 0 Å². The number of amides is 2. The minimum Gasteiger partial charge on any atom is -0.495 e. The Morgan fingerprint density at radius 1 is 1.12 bits per heavy atom. The molecule has 2 aromatic rings. The third-order valence-electron chi connectivity index (χ3n) is 3.48. The van der Waals surface area contributed by atoms with Crippen molar-refractivity contribution in [3.63, 3.8) is 0 Å². The number of hydrazone groups is 1. The lowest BCUT2D eigenvalue weighted by molar-refractivity contribution is -0.136. The lowest BCUT2D eigenvalue weighted by Gasteiger charge is -2.10. The largest absolute Gasteiger partial charge is 0.495 e. The van der Waals surface area contributed by atoms with Crippen LogP contribution in [0.1, 0.15) is 16.7 Å². The summed E-state index contributed by atoms with van der Waals surface area (Å²) in [5, 5.41) is 6.77. The molecular weight excluding hydrogens is 342 g/mol. The Kier molecular flexibility index (Phi) is 6.14. The van der Waals surface area contributed by atoms with Gasteiger partial charge in [-0.2, -0.15) is 5.10 Å². The van der Waals surface area contributed by atoms with Gasteiger partial charge in [-0.1, -0.05) is 29.8 Å². The van der Waals surface area contributed by atoms with Crippen molar-refractivity contribution in [3.8, 4) is 5.75 Å². The van der Waals surface area contributed by atoms with Crippen LogP contribution in [0.15, 0.2) is 41.5 Å². The molecule has 0 fully saturated rings. The Hall–Kier alpha value is -2.86. The van der Waals surface area contributed by atoms with Gasteiger partial charge in [-0.3, -0.25) is 9.59 Å². The molecule has 25 heavy (non-hydrogen) atoms. The van der Waals surface area contributed by atoms with Gasteiger partial charge in [0, 0.05) is 5.69 Å². The number of methoxy groups -OCH3 is 1. The summed E-state index contributed by atoms with van der Waals surface area (Å²) >= 11 is 6.00. The Balaban J connectivity index is 1.97. The molecule has 2 amide bonds. The molecule has 7 heteroatoms. The van der Waals surface area contributed by atoms with E-state index in [2.05, 4.69) is 15.8 Å². The number of hydrogen-bond donors (Lipinski definition) is 2. The molecule has 130 valence electrons. The van der Waals surface area contributed by atoms with E-state index < -0.39 is 11.8 Å². The summed E-state index contributed by atoms with van der Waals surface area (Å²) in [6.45, 7) is 3.71. The van der Waals surface area contributed by atoms with Crippen LogP contribution >= 0.6 is 11.6 Å². The van der Waals surface area contributed by atoms with Gasteiger partial charge >= 0.3 is 11.8 Å². The van der Waals surface area contributed by atoms with Gasteiger partial charge < -0.3 is 10.1 Å². The van der Waals surface area contributed by atoms with E-state index in [9.17, 15) is 9.59 Å². The maximum atomic E-state index is 12.0. The van der Waals surface area contributed by atoms with Crippen LogP contribution in [0, 0.1) is 13.8 Å². The first-order valence-corrected chi connectivity index (χ1v) is 7.84. The molecule has 0 heterocycles. The summed E-state index contributed by atoms with van der Waals surface area (Å²) < 4.78 is 5.05. The summed E-state index contributed by atoms with van der Waals surface area (Å²) in [7, 11) is 1.52.